The van der Waals surface area contributed by atoms with Crippen LogP contribution in [-0.4, -0.2) is 37.4 Å². The highest BCUT2D eigenvalue weighted by atomic mass is 16.1. The average Bonchev–Trinajstić information content (AvgIpc) is 3.14. The van der Waals surface area contributed by atoms with Gasteiger partial charge in [-0.05, 0) is 32.0 Å². The van der Waals surface area contributed by atoms with Crippen molar-refractivity contribution >= 4 is 5.91 Å². The van der Waals surface area contributed by atoms with Gasteiger partial charge in [-0.15, -0.1) is 0 Å². The molecule has 0 saturated carbocycles. The number of amides is 1. The molecule has 0 aromatic carbocycles. The number of hydrogen-bond acceptors (Lipinski definition) is 4. The number of nitrogens with zero attached hydrogens (tertiary/aromatic N) is 4. The molecule has 0 fully saturated rings. The van der Waals surface area contributed by atoms with Crippen LogP contribution in [0.15, 0.2) is 30.5 Å². The number of aromatic amines is 1. The van der Waals surface area contributed by atoms with Crippen LogP contribution < -0.4 is 5.32 Å². The first-order valence-corrected chi connectivity index (χ1v) is 7.80. The second-order valence-electron chi connectivity index (χ2n) is 5.66. The first-order valence-electron chi connectivity index (χ1n) is 7.80. The SMILES string of the molecule is Cc1nn(C)c(C)c1-c1cc(C(=O)NCCc2ccccn2)[nH]n1. The summed E-state index contributed by atoms with van der Waals surface area (Å²) in [5.74, 6) is -0.177. The van der Waals surface area contributed by atoms with E-state index in [-0.39, 0.29) is 5.91 Å². The van der Waals surface area contributed by atoms with Crippen molar-refractivity contribution in [2.75, 3.05) is 6.54 Å². The molecule has 0 aliphatic heterocycles. The van der Waals surface area contributed by atoms with E-state index in [1.807, 2.05) is 43.8 Å². The molecule has 3 heterocycles. The molecule has 0 bridgehead atoms. The lowest BCUT2D eigenvalue weighted by molar-refractivity contribution is 0.0949. The zero-order chi connectivity index (χ0) is 17.1. The molecule has 124 valence electrons. The van der Waals surface area contributed by atoms with E-state index < -0.39 is 0 Å². The van der Waals surface area contributed by atoms with E-state index in [4.69, 9.17) is 0 Å². The Labute approximate surface area is 140 Å². The van der Waals surface area contributed by atoms with E-state index in [0.717, 1.165) is 28.3 Å². The van der Waals surface area contributed by atoms with Crippen LogP contribution in [0.4, 0.5) is 0 Å². The van der Waals surface area contributed by atoms with E-state index in [2.05, 4.69) is 25.6 Å². The molecule has 0 spiro atoms. The Morgan fingerprint density at radius 3 is 2.83 bits per heavy atom. The molecule has 0 aliphatic carbocycles. The van der Waals surface area contributed by atoms with Crippen molar-refractivity contribution in [3.05, 3.63) is 53.2 Å². The van der Waals surface area contributed by atoms with Crippen LogP contribution in [-0.2, 0) is 13.5 Å². The highest BCUT2D eigenvalue weighted by molar-refractivity contribution is 5.93. The number of carbonyl (C=O) groups excluding carboxylic acids is 1. The zero-order valence-corrected chi connectivity index (χ0v) is 14.0. The van der Waals surface area contributed by atoms with E-state index in [1.54, 1.807) is 12.3 Å². The van der Waals surface area contributed by atoms with Crippen LogP contribution in [0.25, 0.3) is 11.3 Å². The summed E-state index contributed by atoms with van der Waals surface area (Å²) in [4.78, 5) is 16.5. The maximum Gasteiger partial charge on any atom is 0.269 e. The number of pyridine rings is 1. The van der Waals surface area contributed by atoms with E-state index in [1.165, 1.54) is 0 Å². The second kappa shape index (κ2) is 6.66. The number of aromatic nitrogens is 5. The maximum atomic E-state index is 12.2. The third-order valence-electron chi connectivity index (χ3n) is 3.98. The number of aryl methyl sites for hydroxylation is 2. The normalized spacial score (nSPS) is 10.8. The Balaban J connectivity index is 1.66. The van der Waals surface area contributed by atoms with E-state index in [0.29, 0.717) is 18.7 Å². The molecule has 7 nitrogen and oxygen atoms in total. The number of H-pyrrole nitrogens is 1. The number of nitrogens with one attached hydrogen (secondary N) is 2. The topological polar surface area (TPSA) is 88.5 Å². The summed E-state index contributed by atoms with van der Waals surface area (Å²) in [5.41, 5.74) is 4.98. The summed E-state index contributed by atoms with van der Waals surface area (Å²) >= 11 is 0. The van der Waals surface area contributed by atoms with Crippen LogP contribution in [0.1, 0.15) is 27.6 Å². The minimum Gasteiger partial charge on any atom is -0.350 e. The van der Waals surface area contributed by atoms with Gasteiger partial charge in [0.25, 0.3) is 5.91 Å². The lowest BCUT2D eigenvalue weighted by Gasteiger charge is -2.02. The summed E-state index contributed by atoms with van der Waals surface area (Å²) in [5, 5.41) is 14.3. The Kier molecular flexibility index (Phi) is 4.41. The molecule has 3 aromatic rings. The molecule has 7 heteroatoms. The second-order valence-corrected chi connectivity index (χ2v) is 5.66. The minimum atomic E-state index is -0.177. The average molecular weight is 324 g/mol. The summed E-state index contributed by atoms with van der Waals surface area (Å²) in [6.45, 7) is 4.44. The van der Waals surface area contributed by atoms with Gasteiger partial charge < -0.3 is 5.32 Å². The fourth-order valence-electron chi connectivity index (χ4n) is 2.66. The van der Waals surface area contributed by atoms with Gasteiger partial charge in [0.05, 0.1) is 11.4 Å². The Hall–Kier alpha value is -2.96. The molecule has 1 amide bonds. The summed E-state index contributed by atoms with van der Waals surface area (Å²) in [7, 11) is 1.89. The van der Waals surface area contributed by atoms with Gasteiger partial charge in [-0.3, -0.25) is 19.6 Å². The molecule has 0 atom stereocenters. The van der Waals surface area contributed by atoms with Crippen molar-refractivity contribution in [3.63, 3.8) is 0 Å². The first-order chi connectivity index (χ1) is 11.6. The highest BCUT2D eigenvalue weighted by Gasteiger charge is 2.16. The van der Waals surface area contributed by atoms with Gasteiger partial charge in [0.15, 0.2) is 0 Å². The standard InChI is InChI=1S/C17H20N6O/c1-11-16(12(2)23(3)22-11)14-10-15(21-20-14)17(24)19-9-7-13-6-4-5-8-18-13/h4-6,8,10H,7,9H2,1-3H3,(H,19,24)(H,20,21). The molecular weight excluding hydrogens is 304 g/mol. The Morgan fingerprint density at radius 2 is 2.17 bits per heavy atom. The van der Waals surface area contributed by atoms with E-state index in [9.17, 15) is 4.79 Å². The van der Waals surface area contributed by atoms with Crippen LogP contribution in [0.3, 0.4) is 0 Å². The first kappa shape index (κ1) is 15.9. The number of rotatable bonds is 5. The predicted molar refractivity (Wildman–Crippen MR) is 90.5 cm³/mol. The third-order valence-corrected chi connectivity index (χ3v) is 3.98. The minimum absolute atomic E-state index is 0.177. The smallest absolute Gasteiger partial charge is 0.269 e. The maximum absolute atomic E-state index is 12.2. The molecular formula is C17H20N6O. The van der Waals surface area contributed by atoms with Crippen molar-refractivity contribution < 1.29 is 4.79 Å². The monoisotopic (exact) mass is 324 g/mol. The lowest BCUT2D eigenvalue weighted by atomic mass is 10.1. The van der Waals surface area contributed by atoms with Gasteiger partial charge in [-0.1, -0.05) is 6.07 Å². The molecule has 3 rings (SSSR count). The zero-order valence-electron chi connectivity index (χ0n) is 14.0. The molecule has 0 unspecified atom stereocenters. The van der Waals surface area contributed by atoms with Gasteiger partial charge in [-0.2, -0.15) is 10.2 Å². The molecule has 0 aliphatic rings. The van der Waals surface area contributed by atoms with Crippen molar-refractivity contribution in [3.8, 4) is 11.3 Å². The Bertz CT molecular complexity index is 849. The summed E-state index contributed by atoms with van der Waals surface area (Å²) < 4.78 is 1.81. The fraction of sp³-hybridized carbons (Fsp3) is 0.294. The quantitative estimate of drug-likeness (QED) is 0.749. The van der Waals surface area contributed by atoms with Crippen molar-refractivity contribution in [2.24, 2.45) is 7.05 Å². The molecule has 0 radical (unpaired) electrons. The molecule has 0 saturated heterocycles. The Morgan fingerprint density at radius 1 is 1.33 bits per heavy atom. The van der Waals surface area contributed by atoms with Crippen LogP contribution in [0.2, 0.25) is 0 Å². The molecule has 3 aromatic heterocycles. The van der Waals surface area contributed by atoms with Crippen LogP contribution in [0.5, 0.6) is 0 Å². The number of carbonyl (C=O) groups is 1. The van der Waals surface area contributed by atoms with Gasteiger partial charge in [0.1, 0.15) is 5.69 Å². The largest absolute Gasteiger partial charge is 0.350 e. The van der Waals surface area contributed by atoms with Crippen molar-refractivity contribution in [1.29, 1.82) is 0 Å². The third kappa shape index (κ3) is 3.19. The van der Waals surface area contributed by atoms with Gasteiger partial charge in [0, 0.05) is 43.2 Å². The van der Waals surface area contributed by atoms with Gasteiger partial charge >= 0.3 is 0 Å². The van der Waals surface area contributed by atoms with Crippen molar-refractivity contribution in [2.45, 2.75) is 20.3 Å². The fourth-order valence-corrected chi connectivity index (χ4v) is 2.66. The van der Waals surface area contributed by atoms with Gasteiger partial charge in [-0.25, -0.2) is 0 Å². The van der Waals surface area contributed by atoms with Crippen molar-refractivity contribution in [1.82, 2.24) is 30.3 Å². The summed E-state index contributed by atoms with van der Waals surface area (Å²) in [6.07, 6.45) is 2.44. The van der Waals surface area contributed by atoms with Crippen LogP contribution >= 0.6 is 0 Å². The summed E-state index contributed by atoms with van der Waals surface area (Å²) in [6, 6.07) is 7.50. The number of hydrogen-bond donors (Lipinski definition) is 2. The van der Waals surface area contributed by atoms with E-state index >= 15 is 0 Å². The highest BCUT2D eigenvalue weighted by Crippen LogP contribution is 2.25. The predicted octanol–water partition coefficient (Wildman–Crippen LogP) is 1.79. The van der Waals surface area contributed by atoms with Crippen LogP contribution in [0, 0.1) is 13.8 Å². The molecule has 24 heavy (non-hydrogen) atoms. The van der Waals surface area contributed by atoms with Gasteiger partial charge in [0.2, 0.25) is 0 Å². The molecule has 2 N–H and O–H groups in total. The lowest BCUT2D eigenvalue weighted by Crippen LogP contribution is -2.26.